The first kappa shape index (κ1) is 10.4. The van der Waals surface area contributed by atoms with Gasteiger partial charge in [-0.15, -0.1) is 0 Å². The van der Waals surface area contributed by atoms with E-state index in [9.17, 15) is 8.42 Å². The molecule has 14 heavy (non-hydrogen) atoms. The summed E-state index contributed by atoms with van der Waals surface area (Å²) in [5.41, 5.74) is 0. The van der Waals surface area contributed by atoms with Gasteiger partial charge < -0.3 is 9.73 Å². The van der Waals surface area contributed by atoms with Crippen molar-refractivity contribution in [3.8, 4) is 0 Å². The van der Waals surface area contributed by atoms with E-state index in [-0.39, 0.29) is 17.5 Å². The zero-order chi connectivity index (χ0) is 10.2. The van der Waals surface area contributed by atoms with Crippen LogP contribution < -0.4 is 5.32 Å². The van der Waals surface area contributed by atoms with Crippen molar-refractivity contribution in [3.05, 3.63) is 21.7 Å². The Kier molecular flexibility index (Phi) is 2.85. The van der Waals surface area contributed by atoms with E-state index in [4.69, 9.17) is 4.42 Å². The van der Waals surface area contributed by atoms with Crippen molar-refractivity contribution < 1.29 is 12.8 Å². The van der Waals surface area contributed by atoms with Crippen LogP contribution in [-0.4, -0.2) is 26.0 Å². The molecule has 4 nitrogen and oxygen atoms in total. The van der Waals surface area contributed by atoms with Gasteiger partial charge in [0.15, 0.2) is 13.6 Å². The SMILES string of the molecule is O=S1(=O)CC(NCc2ccc(I)o2)C1. The molecule has 2 rings (SSSR count). The van der Waals surface area contributed by atoms with Gasteiger partial charge in [-0.05, 0) is 34.7 Å². The zero-order valence-corrected chi connectivity index (χ0v) is 10.3. The second-order valence-corrected chi connectivity index (χ2v) is 6.58. The molecule has 1 saturated heterocycles. The molecule has 0 saturated carbocycles. The van der Waals surface area contributed by atoms with Gasteiger partial charge in [-0.3, -0.25) is 0 Å². The molecule has 1 aromatic heterocycles. The van der Waals surface area contributed by atoms with Crippen LogP contribution in [0.25, 0.3) is 0 Å². The Balaban J connectivity index is 1.79. The fourth-order valence-corrected chi connectivity index (χ4v) is 3.20. The molecule has 1 aromatic rings. The highest BCUT2D eigenvalue weighted by Gasteiger charge is 2.32. The minimum absolute atomic E-state index is 0.0998. The summed E-state index contributed by atoms with van der Waals surface area (Å²) in [6, 6.07) is 3.87. The van der Waals surface area contributed by atoms with Crippen LogP contribution in [0.3, 0.4) is 0 Å². The molecule has 1 fully saturated rings. The molecule has 0 amide bonds. The Morgan fingerprint density at radius 2 is 2.21 bits per heavy atom. The van der Waals surface area contributed by atoms with Gasteiger partial charge in [-0.2, -0.15) is 0 Å². The summed E-state index contributed by atoms with van der Waals surface area (Å²) >= 11 is 2.10. The van der Waals surface area contributed by atoms with E-state index in [1.54, 1.807) is 0 Å². The number of hydrogen-bond donors (Lipinski definition) is 1. The first-order chi connectivity index (χ1) is 6.55. The van der Waals surface area contributed by atoms with Gasteiger partial charge in [0.1, 0.15) is 5.76 Å². The molecular weight excluding hydrogens is 317 g/mol. The van der Waals surface area contributed by atoms with E-state index in [0.717, 1.165) is 9.53 Å². The van der Waals surface area contributed by atoms with Crippen LogP contribution in [0.2, 0.25) is 0 Å². The Morgan fingerprint density at radius 3 is 2.71 bits per heavy atom. The van der Waals surface area contributed by atoms with Gasteiger partial charge in [-0.1, -0.05) is 0 Å². The van der Waals surface area contributed by atoms with Crippen molar-refractivity contribution in [2.75, 3.05) is 11.5 Å². The number of halogens is 1. The molecule has 1 aliphatic heterocycles. The van der Waals surface area contributed by atoms with Crippen molar-refractivity contribution in [3.63, 3.8) is 0 Å². The predicted molar refractivity (Wildman–Crippen MR) is 60.7 cm³/mol. The van der Waals surface area contributed by atoms with E-state index in [1.807, 2.05) is 12.1 Å². The van der Waals surface area contributed by atoms with Crippen LogP contribution in [-0.2, 0) is 16.4 Å². The Hall–Kier alpha value is -0.0800. The second kappa shape index (κ2) is 3.82. The van der Waals surface area contributed by atoms with Gasteiger partial charge in [0.2, 0.25) is 0 Å². The van der Waals surface area contributed by atoms with Crippen LogP contribution in [0.1, 0.15) is 5.76 Å². The minimum atomic E-state index is -2.72. The second-order valence-electron chi connectivity index (χ2n) is 3.36. The molecule has 0 bridgehead atoms. The molecular formula is C8H10INO3S. The predicted octanol–water partition coefficient (Wildman–Crippen LogP) is 0.771. The summed E-state index contributed by atoms with van der Waals surface area (Å²) in [6.45, 7) is 0.600. The van der Waals surface area contributed by atoms with E-state index in [1.165, 1.54) is 0 Å². The summed E-state index contributed by atoms with van der Waals surface area (Å²) in [5, 5.41) is 3.13. The summed E-state index contributed by atoms with van der Waals surface area (Å²) in [7, 11) is -2.72. The minimum Gasteiger partial charge on any atom is -0.454 e. The van der Waals surface area contributed by atoms with E-state index in [2.05, 4.69) is 27.9 Å². The van der Waals surface area contributed by atoms with Gasteiger partial charge in [0.25, 0.3) is 0 Å². The van der Waals surface area contributed by atoms with E-state index in [0.29, 0.717) is 6.54 Å². The molecule has 0 aromatic carbocycles. The molecule has 0 radical (unpaired) electrons. The smallest absolute Gasteiger partial charge is 0.164 e. The monoisotopic (exact) mass is 327 g/mol. The largest absolute Gasteiger partial charge is 0.454 e. The fourth-order valence-electron chi connectivity index (χ4n) is 1.37. The molecule has 1 N–H and O–H groups in total. The van der Waals surface area contributed by atoms with Crippen LogP contribution in [0, 0.1) is 3.77 Å². The van der Waals surface area contributed by atoms with Crippen LogP contribution in [0.5, 0.6) is 0 Å². The Morgan fingerprint density at radius 1 is 1.50 bits per heavy atom. The third kappa shape index (κ3) is 2.48. The standard InChI is InChI=1S/C8H10INO3S/c9-8-2-1-7(13-8)3-10-6-4-14(11,12)5-6/h1-2,6,10H,3-5H2. The first-order valence-electron chi connectivity index (χ1n) is 4.23. The van der Waals surface area contributed by atoms with Crippen molar-refractivity contribution in [1.82, 2.24) is 5.32 Å². The lowest BCUT2D eigenvalue weighted by Crippen LogP contribution is -2.50. The molecule has 2 heterocycles. The first-order valence-corrected chi connectivity index (χ1v) is 7.13. The summed E-state index contributed by atoms with van der Waals surface area (Å²) in [6.07, 6.45) is 0. The third-order valence-corrected chi connectivity index (χ3v) is 4.50. The van der Waals surface area contributed by atoms with Crippen LogP contribution in [0.4, 0.5) is 0 Å². The van der Waals surface area contributed by atoms with Crippen LogP contribution >= 0.6 is 22.6 Å². The lowest BCUT2D eigenvalue weighted by Gasteiger charge is -2.26. The van der Waals surface area contributed by atoms with Gasteiger partial charge in [-0.25, -0.2) is 8.42 Å². The summed E-state index contributed by atoms with van der Waals surface area (Å²) in [4.78, 5) is 0. The highest BCUT2D eigenvalue weighted by Crippen LogP contribution is 2.13. The molecule has 0 atom stereocenters. The lowest BCUT2D eigenvalue weighted by atomic mass is 10.3. The highest BCUT2D eigenvalue weighted by atomic mass is 127. The normalized spacial score (nSPS) is 20.6. The number of furan rings is 1. The maximum Gasteiger partial charge on any atom is 0.164 e. The zero-order valence-electron chi connectivity index (χ0n) is 7.36. The molecule has 1 aliphatic rings. The molecule has 0 spiro atoms. The molecule has 6 heteroatoms. The number of rotatable bonds is 3. The fraction of sp³-hybridized carbons (Fsp3) is 0.500. The van der Waals surface area contributed by atoms with Gasteiger partial charge >= 0.3 is 0 Å². The molecule has 78 valence electrons. The maximum absolute atomic E-state index is 10.8. The number of sulfone groups is 1. The third-order valence-electron chi connectivity index (χ3n) is 2.10. The van der Waals surface area contributed by atoms with Gasteiger partial charge in [0, 0.05) is 6.04 Å². The average Bonchev–Trinajstić information content (AvgIpc) is 2.44. The van der Waals surface area contributed by atoms with Crippen LogP contribution in [0.15, 0.2) is 16.5 Å². The molecule has 0 aliphatic carbocycles. The maximum atomic E-state index is 10.8. The molecule has 0 unspecified atom stereocenters. The van der Waals surface area contributed by atoms with E-state index < -0.39 is 9.84 Å². The quantitative estimate of drug-likeness (QED) is 0.834. The summed E-state index contributed by atoms with van der Waals surface area (Å²) in [5.74, 6) is 1.36. The van der Waals surface area contributed by atoms with E-state index >= 15 is 0 Å². The summed E-state index contributed by atoms with van der Waals surface area (Å²) < 4.78 is 27.9. The van der Waals surface area contributed by atoms with Crippen molar-refractivity contribution in [2.45, 2.75) is 12.6 Å². The van der Waals surface area contributed by atoms with Crippen molar-refractivity contribution in [2.24, 2.45) is 0 Å². The lowest BCUT2D eigenvalue weighted by molar-refractivity contribution is 0.438. The number of hydrogen-bond acceptors (Lipinski definition) is 4. The average molecular weight is 327 g/mol. The topological polar surface area (TPSA) is 59.3 Å². The van der Waals surface area contributed by atoms with Crippen molar-refractivity contribution >= 4 is 32.4 Å². The highest BCUT2D eigenvalue weighted by molar-refractivity contribution is 14.1. The van der Waals surface area contributed by atoms with Gasteiger partial charge in [0.05, 0.1) is 18.1 Å². The number of nitrogens with one attached hydrogen (secondary N) is 1. The Bertz CT molecular complexity index is 414. The van der Waals surface area contributed by atoms with Crippen molar-refractivity contribution in [1.29, 1.82) is 0 Å². The Labute approximate surface area is 96.1 Å².